The van der Waals surface area contributed by atoms with Gasteiger partial charge in [0.05, 0.1) is 12.5 Å². The van der Waals surface area contributed by atoms with Crippen molar-refractivity contribution < 1.29 is 14.7 Å². The van der Waals surface area contributed by atoms with Gasteiger partial charge in [0.2, 0.25) is 5.91 Å². The monoisotopic (exact) mass is 290 g/mol. The van der Waals surface area contributed by atoms with Gasteiger partial charge in [-0.1, -0.05) is 26.0 Å². The Bertz CT molecular complexity index is 513. The van der Waals surface area contributed by atoms with E-state index in [9.17, 15) is 9.59 Å². The molecule has 0 saturated carbocycles. The third-order valence-corrected chi connectivity index (χ3v) is 4.04. The summed E-state index contributed by atoms with van der Waals surface area (Å²) in [6.45, 7) is 4.83. The van der Waals surface area contributed by atoms with Crippen LogP contribution in [0.2, 0.25) is 0 Å². The van der Waals surface area contributed by atoms with Gasteiger partial charge in [-0.15, -0.1) is 0 Å². The summed E-state index contributed by atoms with van der Waals surface area (Å²) in [5.74, 6) is -0.504. The Morgan fingerprint density at radius 3 is 2.57 bits per heavy atom. The van der Waals surface area contributed by atoms with Crippen LogP contribution in [-0.2, 0) is 9.59 Å². The van der Waals surface area contributed by atoms with E-state index in [1.165, 1.54) is 0 Å². The standard InChI is InChI=1S/C16H22N2O3/c1-10-7-8-17-15(10)16(21)18-13-5-3-12(4-6-13)11(2)9-14(19)20/h3-6,10-11,15,17H,7-9H2,1-2H3,(H,18,21)(H,19,20). The lowest BCUT2D eigenvalue weighted by Gasteiger charge is -2.16. The maximum Gasteiger partial charge on any atom is 0.303 e. The van der Waals surface area contributed by atoms with E-state index in [4.69, 9.17) is 5.11 Å². The molecule has 1 amide bonds. The molecule has 3 atom stereocenters. The molecular formula is C16H22N2O3. The van der Waals surface area contributed by atoms with Gasteiger partial charge in [0.25, 0.3) is 0 Å². The molecule has 3 N–H and O–H groups in total. The van der Waals surface area contributed by atoms with Gasteiger partial charge in [-0.3, -0.25) is 9.59 Å². The molecule has 5 nitrogen and oxygen atoms in total. The maximum absolute atomic E-state index is 12.1. The second-order valence-corrected chi connectivity index (χ2v) is 5.81. The van der Waals surface area contributed by atoms with Gasteiger partial charge in [-0.05, 0) is 42.5 Å². The van der Waals surface area contributed by atoms with Crippen molar-refractivity contribution in [2.24, 2.45) is 5.92 Å². The lowest BCUT2D eigenvalue weighted by molar-refractivity contribution is -0.137. The van der Waals surface area contributed by atoms with Crippen LogP contribution in [0.3, 0.4) is 0 Å². The Balaban J connectivity index is 1.96. The Kier molecular flexibility index (Phi) is 4.96. The lowest BCUT2D eigenvalue weighted by atomic mass is 9.97. The summed E-state index contributed by atoms with van der Waals surface area (Å²) < 4.78 is 0. The van der Waals surface area contributed by atoms with Gasteiger partial charge in [0, 0.05) is 5.69 Å². The topological polar surface area (TPSA) is 78.4 Å². The van der Waals surface area contributed by atoms with Crippen molar-refractivity contribution in [3.8, 4) is 0 Å². The Morgan fingerprint density at radius 1 is 1.38 bits per heavy atom. The minimum Gasteiger partial charge on any atom is -0.481 e. The summed E-state index contributed by atoms with van der Waals surface area (Å²) in [4.78, 5) is 22.8. The quantitative estimate of drug-likeness (QED) is 0.777. The van der Waals surface area contributed by atoms with Gasteiger partial charge < -0.3 is 15.7 Å². The fourth-order valence-electron chi connectivity index (χ4n) is 2.68. The predicted octanol–water partition coefficient (Wildman–Crippen LogP) is 2.20. The maximum atomic E-state index is 12.1. The van der Waals surface area contributed by atoms with E-state index in [0.717, 1.165) is 24.2 Å². The molecule has 1 fully saturated rings. The van der Waals surface area contributed by atoms with Gasteiger partial charge >= 0.3 is 5.97 Å². The fraction of sp³-hybridized carbons (Fsp3) is 0.500. The van der Waals surface area contributed by atoms with Gasteiger partial charge in [-0.25, -0.2) is 0 Å². The number of nitrogens with one attached hydrogen (secondary N) is 2. The molecule has 0 bridgehead atoms. The summed E-state index contributed by atoms with van der Waals surface area (Å²) >= 11 is 0. The van der Waals surface area contributed by atoms with Crippen molar-refractivity contribution in [2.45, 2.75) is 38.6 Å². The molecular weight excluding hydrogens is 268 g/mol. The van der Waals surface area contributed by atoms with Crippen LogP contribution in [0.15, 0.2) is 24.3 Å². The first-order valence-corrected chi connectivity index (χ1v) is 7.33. The molecule has 0 aliphatic carbocycles. The highest BCUT2D eigenvalue weighted by molar-refractivity contribution is 5.95. The van der Waals surface area contributed by atoms with Crippen molar-refractivity contribution in [1.82, 2.24) is 5.32 Å². The molecule has 1 aromatic rings. The number of hydrogen-bond donors (Lipinski definition) is 3. The van der Waals surface area contributed by atoms with Crippen molar-refractivity contribution in [3.63, 3.8) is 0 Å². The molecule has 114 valence electrons. The number of aliphatic carboxylic acids is 1. The van der Waals surface area contributed by atoms with E-state index < -0.39 is 5.97 Å². The van der Waals surface area contributed by atoms with Crippen LogP contribution >= 0.6 is 0 Å². The summed E-state index contributed by atoms with van der Waals surface area (Å²) in [6, 6.07) is 7.26. The van der Waals surface area contributed by atoms with E-state index in [0.29, 0.717) is 5.92 Å². The highest BCUT2D eigenvalue weighted by atomic mass is 16.4. The van der Waals surface area contributed by atoms with Crippen LogP contribution in [0.25, 0.3) is 0 Å². The summed E-state index contributed by atoms with van der Waals surface area (Å²) in [5.41, 5.74) is 1.70. The second-order valence-electron chi connectivity index (χ2n) is 5.81. The Hall–Kier alpha value is -1.88. The molecule has 1 saturated heterocycles. The molecule has 1 aliphatic rings. The van der Waals surface area contributed by atoms with Crippen LogP contribution in [0, 0.1) is 5.92 Å². The predicted molar refractivity (Wildman–Crippen MR) is 81.3 cm³/mol. The number of hydrogen-bond acceptors (Lipinski definition) is 3. The molecule has 1 aromatic carbocycles. The zero-order valence-electron chi connectivity index (χ0n) is 12.4. The minimum absolute atomic E-state index is 0.00802. The zero-order valence-corrected chi connectivity index (χ0v) is 12.4. The second kappa shape index (κ2) is 6.72. The molecule has 0 aromatic heterocycles. The third kappa shape index (κ3) is 4.04. The zero-order chi connectivity index (χ0) is 15.4. The number of benzene rings is 1. The summed E-state index contributed by atoms with van der Waals surface area (Å²) in [5, 5.41) is 14.9. The van der Waals surface area contributed by atoms with E-state index in [2.05, 4.69) is 17.6 Å². The van der Waals surface area contributed by atoms with Gasteiger partial charge in [0.15, 0.2) is 0 Å². The lowest BCUT2D eigenvalue weighted by Crippen LogP contribution is -2.39. The Morgan fingerprint density at radius 2 is 2.05 bits per heavy atom. The smallest absolute Gasteiger partial charge is 0.303 e. The van der Waals surface area contributed by atoms with Gasteiger partial charge in [0.1, 0.15) is 0 Å². The number of carboxylic acids is 1. The number of carbonyl (C=O) groups is 2. The van der Waals surface area contributed by atoms with Crippen molar-refractivity contribution in [3.05, 3.63) is 29.8 Å². The summed E-state index contributed by atoms with van der Waals surface area (Å²) in [6.07, 6.45) is 1.12. The SMILES string of the molecule is CC(CC(=O)O)c1ccc(NC(=O)C2NCCC2C)cc1. The first-order chi connectivity index (χ1) is 9.97. The molecule has 0 spiro atoms. The molecule has 0 radical (unpaired) electrons. The van der Waals surface area contributed by atoms with Crippen LogP contribution in [0.5, 0.6) is 0 Å². The third-order valence-electron chi connectivity index (χ3n) is 4.04. The highest BCUT2D eigenvalue weighted by Gasteiger charge is 2.29. The number of carboxylic acid groups (broad SMARTS) is 1. The van der Waals surface area contributed by atoms with Crippen LogP contribution < -0.4 is 10.6 Å². The first kappa shape index (κ1) is 15.5. The van der Waals surface area contributed by atoms with E-state index in [1.54, 1.807) is 0 Å². The number of carbonyl (C=O) groups excluding carboxylic acids is 1. The molecule has 5 heteroatoms. The highest BCUT2D eigenvalue weighted by Crippen LogP contribution is 2.22. The first-order valence-electron chi connectivity index (χ1n) is 7.33. The molecule has 2 rings (SSSR count). The fourth-order valence-corrected chi connectivity index (χ4v) is 2.68. The van der Waals surface area contributed by atoms with Crippen LogP contribution in [0.4, 0.5) is 5.69 Å². The van der Waals surface area contributed by atoms with Crippen LogP contribution in [0.1, 0.15) is 38.2 Å². The number of rotatable bonds is 5. The Labute approximate surface area is 124 Å². The largest absolute Gasteiger partial charge is 0.481 e. The minimum atomic E-state index is -0.804. The average Bonchev–Trinajstić information content (AvgIpc) is 2.85. The number of anilines is 1. The van der Waals surface area contributed by atoms with Crippen molar-refractivity contribution >= 4 is 17.6 Å². The summed E-state index contributed by atoms with van der Waals surface area (Å²) in [7, 11) is 0. The van der Waals surface area contributed by atoms with Crippen LogP contribution in [-0.4, -0.2) is 29.6 Å². The average molecular weight is 290 g/mol. The van der Waals surface area contributed by atoms with Crippen molar-refractivity contribution in [1.29, 1.82) is 0 Å². The molecule has 21 heavy (non-hydrogen) atoms. The van der Waals surface area contributed by atoms with Crippen molar-refractivity contribution in [2.75, 3.05) is 11.9 Å². The molecule has 1 aliphatic heterocycles. The van der Waals surface area contributed by atoms with Gasteiger partial charge in [-0.2, -0.15) is 0 Å². The van der Waals surface area contributed by atoms with E-state index in [1.807, 2.05) is 31.2 Å². The molecule has 3 unspecified atom stereocenters. The number of amides is 1. The molecule has 1 heterocycles. The van der Waals surface area contributed by atoms with E-state index in [-0.39, 0.29) is 24.3 Å². The normalized spacial score (nSPS) is 22.8. The van der Waals surface area contributed by atoms with E-state index >= 15 is 0 Å².